The Hall–Kier alpha value is -1.58. The lowest BCUT2D eigenvalue weighted by Gasteiger charge is -2.13. The zero-order valence-electron chi connectivity index (χ0n) is 11.1. The molecule has 2 rings (SSSR count). The maximum atomic E-state index is 13.3. The third-order valence-electron chi connectivity index (χ3n) is 2.98. The van der Waals surface area contributed by atoms with Crippen molar-refractivity contribution in [3.05, 3.63) is 64.9 Å². The summed E-state index contributed by atoms with van der Waals surface area (Å²) in [6.45, 7) is 0.543. The largest absolute Gasteiger partial charge is 0.494 e. The van der Waals surface area contributed by atoms with E-state index in [2.05, 4.69) is 0 Å². The summed E-state index contributed by atoms with van der Waals surface area (Å²) in [5.41, 5.74) is 6.87. The van der Waals surface area contributed by atoms with Crippen molar-refractivity contribution in [1.29, 1.82) is 0 Å². The van der Waals surface area contributed by atoms with Gasteiger partial charge in [-0.2, -0.15) is 0 Å². The fourth-order valence-corrected chi connectivity index (χ4v) is 2.03. The molecule has 0 aliphatic carbocycles. The van der Waals surface area contributed by atoms with Gasteiger partial charge in [-0.3, -0.25) is 0 Å². The van der Waals surface area contributed by atoms with Gasteiger partial charge in [0.1, 0.15) is 11.6 Å². The maximum Gasteiger partial charge on any atom is 0.142 e. The van der Waals surface area contributed by atoms with Gasteiger partial charge < -0.3 is 10.5 Å². The molecular weight excluding hydrogens is 277 g/mol. The third kappa shape index (κ3) is 4.51. The summed E-state index contributed by atoms with van der Waals surface area (Å²) >= 11 is 5.64. The van der Waals surface area contributed by atoms with Crippen molar-refractivity contribution < 1.29 is 9.13 Å². The second-order valence-electron chi connectivity index (χ2n) is 4.66. The van der Waals surface area contributed by atoms with Crippen LogP contribution in [0.2, 0.25) is 5.02 Å². The lowest BCUT2D eigenvalue weighted by atomic mass is 10.0. The van der Waals surface area contributed by atoms with Crippen LogP contribution in [0.1, 0.15) is 12.0 Å². The minimum atomic E-state index is -0.406. The molecule has 0 heterocycles. The van der Waals surface area contributed by atoms with Crippen molar-refractivity contribution in [2.24, 2.45) is 5.73 Å². The van der Waals surface area contributed by atoms with Gasteiger partial charge in [0.15, 0.2) is 0 Å². The smallest absolute Gasteiger partial charge is 0.142 e. The predicted octanol–water partition coefficient (Wildman–Crippen LogP) is 3.82. The van der Waals surface area contributed by atoms with Crippen molar-refractivity contribution in [1.82, 2.24) is 0 Å². The Bertz CT molecular complexity index is 547. The van der Waals surface area contributed by atoms with Gasteiger partial charge in [0.2, 0.25) is 0 Å². The van der Waals surface area contributed by atoms with E-state index in [0.717, 1.165) is 11.3 Å². The van der Waals surface area contributed by atoms with E-state index in [1.54, 1.807) is 12.1 Å². The molecule has 2 aromatic rings. The molecule has 0 saturated heterocycles. The number of ether oxygens (including phenoxy) is 1. The molecule has 2 N–H and O–H groups in total. The lowest BCUT2D eigenvalue weighted by molar-refractivity contribution is 0.297. The fourth-order valence-electron chi connectivity index (χ4n) is 1.92. The minimum absolute atomic E-state index is 0.0701. The summed E-state index contributed by atoms with van der Waals surface area (Å²) in [6, 6.07) is 14.3. The Morgan fingerprint density at radius 3 is 2.60 bits per heavy atom. The predicted molar refractivity (Wildman–Crippen MR) is 79.6 cm³/mol. The molecule has 1 unspecified atom stereocenters. The number of nitrogens with two attached hydrogens (primary N) is 1. The first-order valence-electron chi connectivity index (χ1n) is 6.52. The molecule has 2 nitrogen and oxygen atoms in total. The van der Waals surface area contributed by atoms with Gasteiger partial charge in [-0.15, -0.1) is 0 Å². The highest BCUT2D eigenvalue weighted by atomic mass is 35.5. The zero-order valence-corrected chi connectivity index (χ0v) is 11.8. The highest BCUT2D eigenvalue weighted by Gasteiger charge is 2.07. The Morgan fingerprint density at radius 1 is 1.15 bits per heavy atom. The monoisotopic (exact) mass is 293 g/mol. The SMILES string of the molecule is NC(CCOc1ccccc1)Cc1ccc(Cl)c(F)c1. The summed E-state index contributed by atoms with van der Waals surface area (Å²) in [5, 5.41) is 0.134. The van der Waals surface area contributed by atoms with E-state index >= 15 is 0 Å². The molecule has 4 heteroatoms. The van der Waals surface area contributed by atoms with Gasteiger partial charge in [0, 0.05) is 6.04 Å². The van der Waals surface area contributed by atoms with Crippen LogP contribution >= 0.6 is 11.6 Å². The first-order valence-corrected chi connectivity index (χ1v) is 6.90. The molecule has 0 bridgehead atoms. The number of para-hydroxylation sites is 1. The molecule has 0 saturated carbocycles. The molecule has 0 aromatic heterocycles. The number of rotatable bonds is 6. The third-order valence-corrected chi connectivity index (χ3v) is 3.29. The van der Waals surface area contributed by atoms with Crippen molar-refractivity contribution in [2.75, 3.05) is 6.61 Å². The normalized spacial score (nSPS) is 12.2. The molecule has 0 aliphatic rings. The molecule has 0 spiro atoms. The van der Waals surface area contributed by atoms with Gasteiger partial charge in [-0.25, -0.2) is 4.39 Å². The van der Waals surface area contributed by atoms with Crippen molar-refractivity contribution in [3.63, 3.8) is 0 Å². The second kappa shape index (κ2) is 7.27. The van der Waals surface area contributed by atoms with Crippen LogP contribution in [0, 0.1) is 5.82 Å². The van der Waals surface area contributed by atoms with Crippen LogP contribution in [0.3, 0.4) is 0 Å². The number of benzene rings is 2. The summed E-state index contributed by atoms with van der Waals surface area (Å²) < 4.78 is 18.9. The van der Waals surface area contributed by atoms with E-state index in [9.17, 15) is 4.39 Å². The summed E-state index contributed by atoms with van der Waals surface area (Å²) in [5.74, 6) is 0.425. The van der Waals surface area contributed by atoms with E-state index < -0.39 is 5.82 Å². The van der Waals surface area contributed by atoms with Crippen LogP contribution in [0.4, 0.5) is 4.39 Å². The van der Waals surface area contributed by atoms with Crippen LogP contribution in [0.5, 0.6) is 5.75 Å². The number of halogens is 2. The Morgan fingerprint density at radius 2 is 1.90 bits per heavy atom. The van der Waals surface area contributed by atoms with E-state index in [-0.39, 0.29) is 11.1 Å². The molecule has 1 atom stereocenters. The Kier molecular flexibility index (Phi) is 5.39. The molecular formula is C16H17ClFNO. The van der Waals surface area contributed by atoms with Crippen LogP contribution in [0.25, 0.3) is 0 Å². The van der Waals surface area contributed by atoms with Gasteiger partial charge in [0.05, 0.1) is 11.6 Å². The van der Waals surface area contributed by atoms with Gasteiger partial charge >= 0.3 is 0 Å². The molecule has 0 aliphatic heterocycles. The fraction of sp³-hybridized carbons (Fsp3) is 0.250. The molecule has 0 radical (unpaired) electrons. The van der Waals surface area contributed by atoms with E-state index in [0.29, 0.717) is 19.4 Å². The standard InChI is InChI=1S/C16H17ClFNO/c17-15-7-6-12(11-16(15)18)10-13(19)8-9-20-14-4-2-1-3-5-14/h1-7,11,13H,8-10,19H2. The highest BCUT2D eigenvalue weighted by molar-refractivity contribution is 6.30. The quantitative estimate of drug-likeness (QED) is 0.879. The van der Waals surface area contributed by atoms with Gasteiger partial charge in [0.25, 0.3) is 0 Å². The summed E-state index contributed by atoms with van der Waals surface area (Å²) in [6.07, 6.45) is 1.31. The Labute approximate surface area is 123 Å². The lowest BCUT2D eigenvalue weighted by Crippen LogP contribution is -2.25. The van der Waals surface area contributed by atoms with Crippen molar-refractivity contribution >= 4 is 11.6 Å². The van der Waals surface area contributed by atoms with E-state index in [1.807, 2.05) is 30.3 Å². The van der Waals surface area contributed by atoms with Crippen LogP contribution in [0.15, 0.2) is 48.5 Å². The van der Waals surface area contributed by atoms with Crippen LogP contribution < -0.4 is 10.5 Å². The van der Waals surface area contributed by atoms with Crippen LogP contribution in [-0.4, -0.2) is 12.6 Å². The molecule has 0 fully saturated rings. The highest BCUT2D eigenvalue weighted by Crippen LogP contribution is 2.17. The number of hydrogen-bond acceptors (Lipinski definition) is 2. The summed E-state index contributed by atoms with van der Waals surface area (Å²) in [7, 11) is 0. The van der Waals surface area contributed by atoms with Crippen LogP contribution in [-0.2, 0) is 6.42 Å². The average molecular weight is 294 g/mol. The molecule has 106 valence electrons. The molecule has 0 amide bonds. The average Bonchev–Trinajstić information content (AvgIpc) is 2.44. The Balaban J connectivity index is 1.77. The van der Waals surface area contributed by atoms with E-state index in [4.69, 9.17) is 22.1 Å². The van der Waals surface area contributed by atoms with Crippen molar-refractivity contribution in [2.45, 2.75) is 18.9 Å². The number of hydrogen-bond donors (Lipinski definition) is 1. The zero-order chi connectivity index (χ0) is 14.4. The topological polar surface area (TPSA) is 35.2 Å². The molecule has 2 aromatic carbocycles. The first-order chi connectivity index (χ1) is 9.65. The van der Waals surface area contributed by atoms with E-state index in [1.165, 1.54) is 6.07 Å². The minimum Gasteiger partial charge on any atom is -0.494 e. The van der Waals surface area contributed by atoms with Gasteiger partial charge in [-0.05, 0) is 42.7 Å². The van der Waals surface area contributed by atoms with Gasteiger partial charge in [-0.1, -0.05) is 35.9 Å². The first kappa shape index (κ1) is 14.8. The summed E-state index contributed by atoms with van der Waals surface area (Å²) in [4.78, 5) is 0. The second-order valence-corrected chi connectivity index (χ2v) is 5.07. The maximum absolute atomic E-state index is 13.3. The van der Waals surface area contributed by atoms with Crippen molar-refractivity contribution in [3.8, 4) is 5.75 Å². The molecule has 20 heavy (non-hydrogen) atoms.